The van der Waals surface area contributed by atoms with Crippen LogP contribution in [0.2, 0.25) is 0 Å². The van der Waals surface area contributed by atoms with Gasteiger partial charge in [-0.2, -0.15) is 0 Å². The average Bonchev–Trinajstić information content (AvgIpc) is 2.54. The summed E-state index contributed by atoms with van der Waals surface area (Å²) in [6, 6.07) is 10.2. The van der Waals surface area contributed by atoms with Gasteiger partial charge in [-0.1, -0.05) is 6.07 Å². The monoisotopic (exact) mass is 215 g/mol. The molecule has 2 aromatic heterocycles. The molecule has 0 aliphatic carbocycles. The second-order valence-electron chi connectivity index (χ2n) is 3.24. The first-order chi connectivity index (χ1) is 7.45. The molecule has 0 saturated carbocycles. The number of pyridine rings is 1. The molecule has 0 aliphatic heterocycles. The Balaban J connectivity index is 2.61. The summed E-state index contributed by atoms with van der Waals surface area (Å²) < 4.78 is 4.26. The Morgan fingerprint density at radius 3 is 3.13 bits per heavy atom. The molecule has 0 aliphatic rings. The number of H-pyrrole nitrogens is 2. The van der Waals surface area contributed by atoms with Gasteiger partial charge in [0.05, 0.1) is 10.2 Å². The molecular formula is C11H9N3S. The molecule has 3 aromatic rings. The molecule has 2 N–H and O–H groups in total. The van der Waals surface area contributed by atoms with E-state index in [1.54, 1.807) is 11.5 Å². The van der Waals surface area contributed by atoms with Gasteiger partial charge in [0.2, 0.25) is 0 Å². The molecule has 0 spiro atoms. The van der Waals surface area contributed by atoms with Gasteiger partial charge in [0, 0.05) is 17.8 Å². The van der Waals surface area contributed by atoms with Crippen LogP contribution >= 0.6 is 11.5 Å². The summed E-state index contributed by atoms with van der Waals surface area (Å²) in [5.41, 5.74) is 1.03. The highest BCUT2D eigenvalue weighted by Crippen LogP contribution is 2.24. The Hall–Kier alpha value is -1.81. The number of aromatic amines is 2. The minimum atomic E-state index is 1.03. The Morgan fingerprint density at radius 1 is 1.13 bits per heavy atom. The van der Waals surface area contributed by atoms with E-state index in [4.69, 9.17) is 0 Å². The molecule has 0 unspecified atom stereocenters. The summed E-state index contributed by atoms with van der Waals surface area (Å²) in [6.45, 7) is 0. The van der Waals surface area contributed by atoms with Crippen molar-refractivity contribution in [3.05, 3.63) is 42.7 Å². The van der Waals surface area contributed by atoms with Crippen molar-refractivity contribution in [1.29, 1.82) is 0 Å². The van der Waals surface area contributed by atoms with E-state index in [1.807, 2.05) is 24.5 Å². The van der Waals surface area contributed by atoms with Crippen molar-refractivity contribution in [2.45, 2.75) is 0 Å². The third-order valence-corrected chi connectivity index (χ3v) is 3.20. The van der Waals surface area contributed by atoms with E-state index in [0.29, 0.717) is 0 Å². The summed E-state index contributed by atoms with van der Waals surface area (Å²) >= 11 is 1.58. The Kier molecular flexibility index (Phi) is 1.93. The van der Waals surface area contributed by atoms with Crippen LogP contribution < -0.4 is 0 Å². The minimum Gasteiger partial charge on any atom is -0.299 e. The van der Waals surface area contributed by atoms with Gasteiger partial charge in [0.15, 0.2) is 0 Å². The van der Waals surface area contributed by atoms with Gasteiger partial charge < -0.3 is 0 Å². The number of benzene rings is 1. The number of aromatic nitrogens is 3. The van der Waals surface area contributed by atoms with Crippen molar-refractivity contribution >= 4 is 32.5 Å². The van der Waals surface area contributed by atoms with E-state index >= 15 is 0 Å². The number of fused-ring (bicyclic) bond motifs is 3. The zero-order valence-electron chi connectivity index (χ0n) is 7.90. The molecule has 0 saturated heterocycles. The maximum Gasteiger partial charge on any atom is 0.0717 e. The van der Waals surface area contributed by atoms with Crippen molar-refractivity contribution in [1.82, 2.24) is 14.6 Å². The van der Waals surface area contributed by atoms with E-state index in [2.05, 4.69) is 32.8 Å². The fourth-order valence-electron chi connectivity index (χ4n) is 1.63. The molecule has 4 heteroatoms. The Labute approximate surface area is 90.2 Å². The summed E-state index contributed by atoms with van der Waals surface area (Å²) in [5.74, 6) is 0. The largest absolute Gasteiger partial charge is 0.299 e. The summed E-state index contributed by atoms with van der Waals surface area (Å²) in [6.07, 6.45) is 3.71. The van der Waals surface area contributed by atoms with Gasteiger partial charge >= 0.3 is 0 Å². The predicted octanol–water partition coefficient (Wildman–Crippen LogP) is 3.23. The second kappa shape index (κ2) is 3.40. The van der Waals surface area contributed by atoms with Crippen molar-refractivity contribution < 1.29 is 0 Å². The van der Waals surface area contributed by atoms with Crippen LogP contribution in [0.5, 0.6) is 0 Å². The van der Waals surface area contributed by atoms with E-state index in [0.717, 1.165) is 5.52 Å². The smallest absolute Gasteiger partial charge is 0.0717 e. The fourth-order valence-corrected chi connectivity index (χ4v) is 2.40. The highest BCUT2D eigenvalue weighted by atomic mass is 32.1. The Morgan fingerprint density at radius 2 is 2.13 bits per heavy atom. The summed E-state index contributed by atoms with van der Waals surface area (Å²) in [7, 11) is 0. The first-order valence-electron chi connectivity index (χ1n) is 4.67. The first kappa shape index (κ1) is 8.49. The highest BCUT2D eigenvalue weighted by molar-refractivity contribution is 7.13. The van der Waals surface area contributed by atoms with Gasteiger partial charge in [-0.3, -0.25) is 14.6 Å². The van der Waals surface area contributed by atoms with Crippen LogP contribution in [0.4, 0.5) is 0 Å². The third kappa shape index (κ3) is 1.39. The average molecular weight is 215 g/mol. The maximum absolute atomic E-state index is 4.33. The normalized spacial score (nSPS) is 10.7. The Bertz CT molecular complexity index is 646. The van der Waals surface area contributed by atoms with Crippen LogP contribution in [0, 0.1) is 0 Å². The third-order valence-electron chi connectivity index (χ3n) is 2.32. The van der Waals surface area contributed by atoms with Gasteiger partial charge in [0.25, 0.3) is 0 Å². The number of hydrogen-bond acceptors (Lipinski definition) is 2. The van der Waals surface area contributed by atoms with Crippen molar-refractivity contribution in [2.75, 3.05) is 0 Å². The lowest BCUT2D eigenvalue weighted by Gasteiger charge is -1.97. The molecule has 74 valence electrons. The predicted molar refractivity (Wildman–Crippen MR) is 63.5 cm³/mol. The maximum atomic E-state index is 4.33. The standard InChI is InChI=1S/C11H9N3S/c1-2-9-10(12-6-1)4-3-8-5-7-13-14-15-11(8)9/h1-7,13-14H. The molecular weight excluding hydrogens is 206 g/mol. The van der Waals surface area contributed by atoms with Gasteiger partial charge in [-0.05, 0) is 41.2 Å². The molecule has 0 bridgehead atoms. The second-order valence-corrected chi connectivity index (χ2v) is 4.05. The summed E-state index contributed by atoms with van der Waals surface area (Å²) in [4.78, 5) is 4.33. The molecule has 1 aromatic carbocycles. The number of hydrogen-bond donors (Lipinski definition) is 2. The van der Waals surface area contributed by atoms with Gasteiger partial charge in [0.1, 0.15) is 0 Å². The van der Waals surface area contributed by atoms with Crippen molar-refractivity contribution in [2.24, 2.45) is 0 Å². The van der Waals surface area contributed by atoms with Gasteiger partial charge in [-0.25, -0.2) is 0 Å². The van der Waals surface area contributed by atoms with E-state index in [-0.39, 0.29) is 0 Å². The number of rotatable bonds is 0. The summed E-state index contributed by atoms with van der Waals surface area (Å²) in [5, 5.41) is 5.36. The molecule has 0 fully saturated rings. The van der Waals surface area contributed by atoms with Crippen LogP contribution in [0.1, 0.15) is 0 Å². The first-order valence-corrected chi connectivity index (χ1v) is 5.48. The van der Waals surface area contributed by atoms with Crippen LogP contribution in [0.25, 0.3) is 21.0 Å². The molecule has 3 nitrogen and oxygen atoms in total. The molecule has 15 heavy (non-hydrogen) atoms. The lowest BCUT2D eigenvalue weighted by atomic mass is 10.2. The van der Waals surface area contributed by atoms with Gasteiger partial charge in [-0.15, -0.1) is 0 Å². The van der Waals surface area contributed by atoms with Crippen molar-refractivity contribution in [3.63, 3.8) is 0 Å². The van der Waals surface area contributed by atoms with Crippen molar-refractivity contribution in [3.8, 4) is 0 Å². The topological polar surface area (TPSA) is 44.5 Å². The molecule has 0 atom stereocenters. The number of nitrogens with one attached hydrogen (secondary N) is 2. The van der Waals surface area contributed by atoms with Crippen LogP contribution in [0.3, 0.4) is 0 Å². The van der Waals surface area contributed by atoms with E-state index < -0.39 is 0 Å². The zero-order chi connectivity index (χ0) is 10.1. The molecule has 3 rings (SSSR count). The van der Waals surface area contributed by atoms with Crippen LogP contribution in [-0.2, 0) is 0 Å². The molecule has 0 amide bonds. The van der Waals surface area contributed by atoms with E-state index in [9.17, 15) is 0 Å². The zero-order valence-corrected chi connectivity index (χ0v) is 8.71. The van der Waals surface area contributed by atoms with Crippen LogP contribution in [0.15, 0.2) is 42.7 Å². The van der Waals surface area contributed by atoms with E-state index in [1.165, 1.54) is 15.5 Å². The number of nitrogens with zero attached hydrogens (tertiary/aromatic N) is 1. The highest BCUT2D eigenvalue weighted by Gasteiger charge is 1.99. The lowest BCUT2D eigenvalue weighted by Crippen LogP contribution is -1.76. The molecule has 0 radical (unpaired) electrons. The van der Waals surface area contributed by atoms with Crippen LogP contribution in [-0.4, -0.2) is 14.6 Å². The quantitative estimate of drug-likeness (QED) is 0.594. The SMILES string of the molecule is c1cnc2ccc3cc[nH][nH]sc3c2c1. The molecule has 2 heterocycles. The lowest BCUT2D eigenvalue weighted by molar-refractivity contribution is 1.14. The fraction of sp³-hybridized carbons (Fsp3) is 0. The minimum absolute atomic E-state index is 1.03.